The molecule has 0 radical (unpaired) electrons. The van der Waals surface area contributed by atoms with Crippen molar-refractivity contribution in [1.29, 1.82) is 0 Å². The number of nitrogens with one attached hydrogen (secondary N) is 1. The van der Waals surface area contributed by atoms with Gasteiger partial charge in [-0.1, -0.05) is 30.3 Å². The predicted molar refractivity (Wildman–Crippen MR) is 146 cm³/mol. The lowest BCUT2D eigenvalue weighted by Gasteiger charge is -2.34. The molecule has 1 atom stereocenters. The van der Waals surface area contributed by atoms with E-state index >= 15 is 0 Å². The number of hydrogen-bond acceptors (Lipinski definition) is 7. The number of aliphatic hydroxyl groups is 1. The van der Waals surface area contributed by atoms with Crippen molar-refractivity contribution in [3.8, 4) is 22.7 Å². The van der Waals surface area contributed by atoms with E-state index in [1.807, 2.05) is 38.1 Å². The second-order valence-electron chi connectivity index (χ2n) is 10.6. The van der Waals surface area contributed by atoms with Crippen molar-refractivity contribution >= 4 is 5.95 Å². The second kappa shape index (κ2) is 11.0. The molecule has 38 heavy (non-hydrogen) atoms. The molecule has 1 saturated heterocycles. The third kappa shape index (κ3) is 6.26. The fraction of sp³-hybridized carbons (Fsp3) is 0.367. The summed E-state index contributed by atoms with van der Waals surface area (Å²) in [4.78, 5) is 16.4. The number of rotatable bonds is 8. The molecule has 8 heteroatoms. The van der Waals surface area contributed by atoms with Crippen molar-refractivity contribution in [2.24, 2.45) is 0 Å². The van der Waals surface area contributed by atoms with Crippen LogP contribution in [0.4, 0.5) is 10.3 Å². The minimum absolute atomic E-state index is 0.0161. The molecule has 5 rings (SSSR count). The lowest BCUT2D eigenvalue weighted by Crippen LogP contribution is -2.42. The first-order valence-corrected chi connectivity index (χ1v) is 13.1. The third-order valence-electron chi connectivity index (χ3n) is 6.84. The number of piperidine rings is 1. The topological polar surface area (TPSA) is 87.3 Å². The van der Waals surface area contributed by atoms with Crippen LogP contribution in [-0.2, 0) is 0 Å². The fourth-order valence-corrected chi connectivity index (χ4v) is 4.95. The van der Waals surface area contributed by atoms with Gasteiger partial charge < -0.3 is 19.7 Å². The maximum Gasteiger partial charge on any atom is 0.223 e. The Balaban J connectivity index is 1.43. The normalized spacial score (nSPS) is 15.9. The number of anilines is 1. The molecular formula is C30H34FN5O2. The highest BCUT2D eigenvalue weighted by Crippen LogP contribution is 2.37. The van der Waals surface area contributed by atoms with Gasteiger partial charge >= 0.3 is 0 Å². The van der Waals surface area contributed by atoms with Gasteiger partial charge in [-0.3, -0.25) is 0 Å². The van der Waals surface area contributed by atoms with Crippen LogP contribution in [0.25, 0.3) is 22.7 Å². The van der Waals surface area contributed by atoms with Crippen molar-refractivity contribution in [1.82, 2.24) is 19.9 Å². The first-order valence-electron chi connectivity index (χ1n) is 13.1. The van der Waals surface area contributed by atoms with Crippen molar-refractivity contribution in [3.05, 3.63) is 84.1 Å². The number of nitrogens with zero attached hydrogens (tertiary/aromatic N) is 4. The zero-order valence-electron chi connectivity index (χ0n) is 22.1. The summed E-state index contributed by atoms with van der Waals surface area (Å²) in [5.74, 6) is 1.54. The Morgan fingerprint density at radius 3 is 2.45 bits per heavy atom. The Morgan fingerprint density at radius 2 is 1.76 bits per heavy atom. The van der Waals surface area contributed by atoms with Crippen LogP contribution in [0.1, 0.15) is 57.0 Å². The second-order valence-corrected chi connectivity index (χ2v) is 10.6. The number of likely N-dealkylation sites (tertiary alicyclic amines) is 1. The van der Waals surface area contributed by atoms with Gasteiger partial charge in [0, 0.05) is 24.2 Å². The number of hydrogen-bond donors (Lipinski definition) is 2. The van der Waals surface area contributed by atoms with Crippen LogP contribution in [0, 0.1) is 5.82 Å². The summed E-state index contributed by atoms with van der Waals surface area (Å²) in [6.07, 6.45) is 3.46. The molecule has 2 aromatic carbocycles. The molecule has 4 aromatic rings. The minimum atomic E-state index is -0.727. The van der Waals surface area contributed by atoms with E-state index in [1.165, 1.54) is 12.1 Å². The van der Waals surface area contributed by atoms with E-state index in [0.717, 1.165) is 37.1 Å². The van der Waals surface area contributed by atoms with Gasteiger partial charge in [-0.15, -0.1) is 0 Å². The molecule has 3 heterocycles. The van der Waals surface area contributed by atoms with Gasteiger partial charge in [-0.2, -0.15) is 0 Å². The van der Waals surface area contributed by atoms with Crippen LogP contribution >= 0.6 is 0 Å². The predicted octanol–water partition coefficient (Wildman–Crippen LogP) is 6.06. The molecule has 0 spiro atoms. The smallest absolute Gasteiger partial charge is 0.223 e. The molecule has 1 fully saturated rings. The molecule has 0 amide bonds. The summed E-state index contributed by atoms with van der Waals surface area (Å²) in [7, 11) is 0. The highest BCUT2D eigenvalue weighted by molar-refractivity contribution is 5.75. The zero-order valence-corrected chi connectivity index (χ0v) is 22.1. The summed E-state index contributed by atoms with van der Waals surface area (Å²) in [5, 5.41) is 13.6. The molecule has 0 bridgehead atoms. The van der Waals surface area contributed by atoms with Gasteiger partial charge in [0.1, 0.15) is 17.2 Å². The van der Waals surface area contributed by atoms with E-state index < -0.39 is 5.60 Å². The summed E-state index contributed by atoms with van der Waals surface area (Å²) in [5.41, 5.74) is 2.42. The van der Waals surface area contributed by atoms with Gasteiger partial charge in [0.15, 0.2) is 11.7 Å². The highest BCUT2D eigenvalue weighted by atomic mass is 19.1. The van der Waals surface area contributed by atoms with Crippen LogP contribution in [0.3, 0.4) is 0 Å². The maximum absolute atomic E-state index is 13.7. The Hall–Kier alpha value is -3.62. The first kappa shape index (κ1) is 26.0. The van der Waals surface area contributed by atoms with E-state index in [1.54, 1.807) is 18.3 Å². The average molecular weight is 516 g/mol. The SMILES string of the molecule is CC(Nc1nccc(-c2oc(C3CCN(CC(C)(C)O)CC3)nc2-c2ccc(F)cc2)n1)c1ccccc1. The number of benzene rings is 2. The summed E-state index contributed by atoms with van der Waals surface area (Å²) < 4.78 is 20.1. The number of β-amino-alcohol motifs (C(OH)–C–C–N with tert-alkyl or cyclic N) is 1. The van der Waals surface area contributed by atoms with Crippen LogP contribution in [0.2, 0.25) is 0 Å². The van der Waals surface area contributed by atoms with E-state index in [0.29, 0.717) is 35.5 Å². The number of oxazole rings is 1. The van der Waals surface area contributed by atoms with Crippen LogP contribution in [0.5, 0.6) is 0 Å². The Kier molecular flexibility index (Phi) is 7.53. The highest BCUT2D eigenvalue weighted by Gasteiger charge is 2.29. The van der Waals surface area contributed by atoms with Gasteiger partial charge in [-0.05, 0) is 82.6 Å². The maximum atomic E-state index is 13.7. The minimum Gasteiger partial charge on any atom is -0.438 e. The van der Waals surface area contributed by atoms with Crippen LogP contribution < -0.4 is 5.32 Å². The molecule has 1 unspecified atom stereocenters. The quantitative estimate of drug-likeness (QED) is 0.295. The Labute approximate surface area is 222 Å². The van der Waals surface area contributed by atoms with Crippen LogP contribution in [-0.4, -0.2) is 50.2 Å². The molecule has 2 aromatic heterocycles. The van der Waals surface area contributed by atoms with Gasteiger partial charge in [-0.25, -0.2) is 19.3 Å². The zero-order chi connectivity index (χ0) is 26.7. The van der Waals surface area contributed by atoms with Crippen LogP contribution in [0.15, 0.2) is 71.3 Å². The first-order chi connectivity index (χ1) is 18.2. The van der Waals surface area contributed by atoms with E-state index in [9.17, 15) is 9.50 Å². The van der Waals surface area contributed by atoms with Gasteiger partial charge in [0.2, 0.25) is 5.95 Å². The molecule has 198 valence electrons. The molecule has 1 aliphatic heterocycles. The van der Waals surface area contributed by atoms with E-state index in [2.05, 4.69) is 34.3 Å². The molecule has 0 saturated carbocycles. The van der Waals surface area contributed by atoms with Crippen molar-refractivity contribution in [3.63, 3.8) is 0 Å². The molecular weight excluding hydrogens is 481 g/mol. The molecule has 0 aliphatic carbocycles. The monoisotopic (exact) mass is 515 g/mol. The lowest BCUT2D eigenvalue weighted by molar-refractivity contribution is 0.0273. The van der Waals surface area contributed by atoms with Gasteiger partial charge in [0.25, 0.3) is 0 Å². The van der Waals surface area contributed by atoms with E-state index in [-0.39, 0.29) is 17.8 Å². The Bertz CT molecular complexity index is 1340. The standard InChI is InChI=1S/C30H34FN5O2/c1-20(21-7-5-4-6-8-21)33-29-32-16-13-25(34-29)27-26(22-9-11-24(31)12-10-22)35-28(38-27)23-14-17-36(18-15-23)19-30(2,3)37/h4-13,16,20,23,37H,14-15,17-19H2,1-3H3,(H,32,33,34). The summed E-state index contributed by atoms with van der Waals surface area (Å²) >= 11 is 0. The van der Waals surface area contributed by atoms with E-state index in [4.69, 9.17) is 14.4 Å². The van der Waals surface area contributed by atoms with Gasteiger partial charge in [0.05, 0.1) is 11.6 Å². The van der Waals surface area contributed by atoms with Crippen molar-refractivity contribution in [2.45, 2.75) is 51.2 Å². The third-order valence-corrected chi connectivity index (χ3v) is 6.84. The lowest BCUT2D eigenvalue weighted by atomic mass is 9.95. The summed E-state index contributed by atoms with van der Waals surface area (Å²) in [6, 6.07) is 18.2. The summed E-state index contributed by atoms with van der Waals surface area (Å²) in [6.45, 7) is 8.08. The Morgan fingerprint density at radius 1 is 1.05 bits per heavy atom. The fourth-order valence-electron chi connectivity index (χ4n) is 4.95. The largest absolute Gasteiger partial charge is 0.438 e. The average Bonchev–Trinajstić information content (AvgIpc) is 3.35. The van der Waals surface area contributed by atoms with Crippen molar-refractivity contribution in [2.75, 3.05) is 25.0 Å². The number of aromatic nitrogens is 3. The van der Waals surface area contributed by atoms with Crippen molar-refractivity contribution < 1.29 is 13.9 Å². The molecule has 1 aliphatic rings. The molecule has 7 nitrogen and oxygen atoms in total. The molecule has 2 N–H and O–H groups in total. The number of halogens is 1.